The first-order valence-electron chi connectivity index (χ1n) is 8.78. The summed E-state index contributed by atoms with van der Waals surface area (Å²) in [5.41, 5.74) is 1.30. The van der Waals surface area contributed by atoms with Crippen LogP contribution in [0.1, 0.15) is 35.2 Å². The van der Waals surface area contributed by atoms with Crippen LogP contribution in [0.4, 0.5) is 0 Å². The van der Waals surface area contributed by atoms with Crippen LogP contribution < -0.4 is 0 Å². The fraction of sp³-hybridized carbons (Fsp3) is 0.421. The van der Waals surface area contributed by atoms with Gasteiger partial charge in [-0.05, 0) is 37.0 Å². The van der Waals surface area contributed by atoms with Gasteiger partial charge in [0, 0.05) is 51.0 Å². The van der Waals surface area contributed by atoms with Crippen molar-refractivity contribution < 1.29 is 9.59 Å². The Morgan fingerprint density at radius 2 is 2.20 bits per heavy atom. The van der Waals surface area contributed by atoms with E-state index in [0.29, 0.717) is 18.7 Å². The lowest BCUT2D eigenvalue weighted by atomic mass is 9.78. The highest BCUT2D eigenvalue weighted by Crippen LogP contribution is 2.41. The summed E-state index contributed by atoms with van der Waals surface area (Å²) in [6, 6.07) is 5.67. The van der Waals surface area contributed by atoms with E-state index in [0.717, 1.165) is 37.9 Å². The maximum atomic E-state index is 13.1. The van der Waals surface area contributed by atoms with Gasteiger partial charge in [0.25, 0.3) is 5.91 Å². The highest BCUT2D eigenvalue weighted by Gasteiger charge is 2.49. The number of nitrogens with one attached hydrogen (secondary N) is 1. The van der Waals surface area contributed by atoms with Crippen molar-refractivity contribution in [3.05, 3.63) is 54.1 Å². The second-order valence-corrected chi connectivity index (χ2v) is 7.05. The number of pyridine rings is 1. The van der Waals surface area contributed by atoms with E-state index in [1.54, 1.807) is 30.9 Å². The van der Waals surface area contributed by atoms with Crippen LogP contribution in [0.2, 0.25) is 0 Å². The third-order valence-electron chi connectivity index (χ3n) is 5.41. The van der Waals surface area contributed by atoms with E-state index in [2.05, 4.69) is 9.97 Å². The molecule has 6 nitrogen and oxygen atoms in total. The zero-order chi connectivity index (χ0) is 17.3. The Kier molecular flexibility index (Phi) is 4.03. The molecule has 25 heavy (non-hydrogen) atoms. The molecule has 2 fully saturated rings. The normalized spacial score (nSPS) is 23.4. The first-order valence-corrected chi connectivity index (χ1v) is 8.78. The van der Waals surface area contributed by atoms with Crippen molar-refractivity contribution in [1.82, 2.24) is 19.8 Å². The molecular weight excluding hydrogens is 316 g/mol. The molecule has 2 aliphatic heterocycles. The third kappa shape index (κ3) is 2.92. The molecule has 4 heterocycles. The Balaban J connectivity index is 1.48. The van der Waals surface area contributed by atoms with Crippen molar-refractivity contribution in [2.75, 3.05) is 19.6 Å². The summed E-state index contributed by atoms with van der Waals surface area (Å²) in [5.74, 6) is 0.196. The van der Waals surface area contributed by atoms with Gasteiger partial charge in [0.15, 0.2) is 0 Å². The van der Waals surface area contributed by atoms with Gasteiger partial charge in [-0.25, -0.2) is 0 Å². The maximum Gasteiger partial charge on any atom is 0.255 e. The number of nitrogens with zero attached hydrogens (tertiary/aromatic N) is 3. The molecule has 1 unspecified atom stereocenters. The quantitative estimate of drug-likeness (QED) is 0.931. The average Bonchev–Trinajstić information content (AvgIpc) is 3.28. The van der Waals surface area contributed by atoms with Gasteiger partial charge in [-0.3, -0.25) is 14.6 Å². The van der Waals surface area contributed by atoms with E-state index in [4.69, 9.17) is 0 Å². The fourth-order valence-electron chi connectivity index (χ4n) is 4.08. The van der Waals surface area contributed by atoms with E-state index in [-0.39, 0.29) is 11.8 Å². The van der Waals surface area contributed by atoms with Crippen LogP contribution in [0, 0.1) is 5.41 Å². The lowest BCUT2D eigenvalue weighted by molar-refractivity contribution is -0.138. The zero-order valence-electron chi connectivity index (χ0n) is 14.1. The summed E-state index contributed by atoms with van der Waals surface area (Å²) in [6.45, 7) is 2.60. The number of likely N-dealkylation sites (tertiary alicyclic amines) is 2. The van der Waals surface area contributed by atoms with Crippen LogP contribution in [0.3, 0.4) is 0 Å². The topological polar surface area (TPSA) is 69.3 Å². The Labute approximate surface area is 146 Å². The molecule has 0 radical (unpaired) electrons. The Morgan fingerprint density at radius 3 is 2.96 bits per heavy atom. The number of carbonyl (C=O) groups is 2. The SMILES string of the molecule is O=C(c1cc[nH]c1)N1CCCC2(CCN(Cc3cccnc3)C2=O)C1. The molecule has 4 rings (SSSR count). The molecule has 2 aliphatic rings. The molecule has 2 saturated heterocycles. The number of hydrogen-bond acceptors (Lipinski definition) is 3. The number of H-pyrrole nitrogens is 1. The number of carbonyl (C=O) groups excluding carboxylic acids is 2. The van der Waals surface area contributed by atoms with Gasteiger partial charge in [0.1, 0.15) is 0 Å². The number of rotatable bonds is 3. The van der Waals surface area contributed by atoms with Crippen LogP contribution >= 0.6 is 0 Å². The molecule has 1 atom stereocenters. The molecule has 2 amide bonds. The molecule has 0 aliphatic carbocycles. The van der Waals surface area contributed by atoms with Crippen molar-refractivity contribution in [2.45, 2.75) is 25.8 Å². The summed E-state index contributed by atoms with van der Waals surface area (Å²) < 4.78 is 0. The summed E-state index contributed by atoms with van der Waals surface area (Å²) in [5, 5.41) is 0. The van der Waals surface area contributed by atoms with Gasteiger partial charge < -0.3 is 14.8 Å². The monoisotopic (exact) mass is 338 g/mol. The molecular formula is C19H22N4O2. The van der Waals surface area contributed by atoms with Crippen molar-refractivity contribution in [3.8, 4) is 0 Å². The van der Waals surface area contributed by atoms with E-state index >= 15 is 0 Å². The molecule has 6 heteroatoms. The van der Waals surface area contributed by atoms with Crippen LogP contribution in [-0.4, -0.2) is 51.2 Å². The standard InChI is InChI=1S/C19H22N4O2/c24-17(16-4-8-21-12-16)23-9-2-5-19(14-23)6-10-22(18(19)25)13-15-3-1-7-20-11-15/h1,3-4,7-8,11-12,21H,2,5-6,9-10,13-14H2. The van der Waals surface area contributed by atoms with E-state index in [1.165, 1.54) is 0 Å². The van der Waals surface area contributed by atoms with E-state index < -0.39 is 5.41 Å². The maximum absolute atomic E-state index is 13.1. The fourth-order valence-corrected chi connectivity index (χ4v) is 4.08. The van der Waals surface area contributed by atoms with Gasteiger partial charge in [-0.1, -0.05) is 6.07 Å². The van der Waals surface area contributed by atoms with Gasteiger partial charge in [-0.15, -0.1) is 0 Å². The van der Waals surface area contributed by atoms with Gasteiger partial charge in [0.2, 0.25) is 5.91 Å². The minimum absolute atomic E-state index is 0.0128. The Bertz CT molecular complexity index is 759. The summed E-state index contributed by atoms with van der Waals surface area (Å²) in [6.07, 6.45) is 9.58. The van der Waals surface area contributed by atoms with Crippen molar-refractivity contribution in [1.29, 1.82) is 0 Å². The minimum atomic E-state index is -0.410. The molecule has 0 bridgehead atoms. The van der Waals surface area contributed by atoms with Crippen LogP contribution in [0.5, 0.6) is 0 Å². The number of aromatic nitrogens is 2. The molecule has 0 saturated carbocycles. The smallest absolute Gasteiger partial charge is 0.255 e. The minimum Gasteiger partial charge on any atom is -0.367 e. The number of hydrogen-bond donors (Lipinski definition) is 1. The molecule has 2 aromatic heterocycles. The predicted octanol–water partition coefficient (Wildman–Crippen LogP) is 2.06. The first-order chi connectivity index (χ1) is 12.2. The van der Waals surface area contributed by atoms with Gasteiger partial charge in [0.05, 0.1) is 11.0 Å². The third-order valence-corrected chi connectivity index (χ3v) is 5.41. The van der Waals surface area contributed by atoms with Crippen molar-refractivity contribution in [3.63, 3.8) is 0 Å². The predicted molar refractivity (Wildman–Crippen MR) is 92.6 cm³/mol. The number of aromatic amines is 1. The molecule has 130 valence electrons. The van der Waals surface area contributed by atoms with Crippen molar-refractivity contribution >= 4 is 11.8 Å². The van der Waals surface area contributed by atoms with E-state index in [9.17, 15) is 9.59 Å². The van der Waals surface area contributed by atoms with Crippen LogP contribution in [0.15, 0.2) is 43.0 Å². The molecule has 1 spiro atoms. The second kappa shape index (κ2) is 6.35. The Morgan fingerprint density at radius 1 is 1.28 bits per heavy atom. The van der Waals surface area contributed by atoms with Crippen LogP contribution in [0.25, 0.3) is 0 Å². The van der Waals surface area contributed by atoms with Gasteiger partial charge >= 0.3 is 0 Å². The van der Waals surface area contributed by atoms with Crippen LogP contribution in [-0.2, 0) is 11.3 Å². The highest BCUT2D eigenvalue weighted by atomic mass is 16.2. The highest BCUT2D eigenvalue weighted by molar-refractivity contribution is 5.95. The largest absolute Gasteiger partial charge is 0.367 e. The molecule has 2 aromatic rings. The summed E-state index contributed by atoms with van der Waals surface area (Å²) in [7, 11) is 0. The first kappa shape index (κ1) is 15.9. The Hall–Kier alpha value is -2.63. The lowest BCUT2D eigenvalue weighted by Crippen LogP contribution is -2.49. The second-order valence-electron chi connectivity index (χ2n) is 7.05. The van der Waals surface area contributed by atoms with Gasteiger partial charge in [-0.2, -0.15) is 0 Å². The number of piperidine rings is 1. The van der Waals surface area contributed by atoms with E-state index in [1.807, 2.05) is 21.9 Å². The zero-order valence-corrected chi connectivity index (χ0v) is 14.1. The number of amides is 2. The average molecular weight is 338 g/mol. The molecule has 1 N–H and O–H groups in total. The van der Waals surface area contributed by atoms with Crippen molar-refractivity contribution in [2.24, 2.45) is 5.41 Å². The lowest BCUT2D eigenvalue weighted by Gasteiger charge is -2.39. The summed E-state index contributed by atoms with van der Waals surface area (Å²) >= 11 is 0. The molecule has 0 aromatic carbocycles. The summed E-state index contributed by atoms with van der Waals surface area (Å²) in [4.78, 5) is 36.6.